The first kappa shape index (κ1) is 8.81. The van der Waals surface area contributed by atoms with Crippen molar-refractivity contribution in [3.8, 4) is 0 Å². The Balaban J connectivity index is 1.33. The first-order chi connectivity index (χ1) is 7.33. The van der Waals surface area contributed by atoms with Gasteiger partial charge in [0.1, 0.15) is 0 Å². The molecule has 0 aromatic heterocycles. The van der Waals surface area contributed by atoms with Crippen molar-refractivity contribution in [2.75, 3.05) is 19.6 Å². The number of likely N-dealkylation sites (tertiary alicyclic amines) is 1. The van der Waals surface area contributed by atoms with E-state index in [2.05, 4.69) is 17.1 Å². The van der Waals surface area contributed by atoms with E-state index in [0.717, 1.165) is 23.2 Å². The monoisotopic (exact) mass is 203 g/mol. The molecule has 1 heterocycles. The van der Waals surface area contributed by atoms with E-state index >= 15 is 0 Å². The van der Waals surface area contributed by atoms with Gasteiger partial charge in [-0.05, 0) is 48.9 Å². The summed E-state index contributed by atoms with van der Waals surface area (Å²) in [5.74, 6) is 2.92. The summed E-state index contributed by atoms with van der Waals surface area (Å²) in [5, 5.41) is 0. The summed E-state index contributed by atoms with van der Waals surface area (Å²) >= 11 is 0. The summed E-state index contributed by atoms with van der Waals surface area (Å²) in [6.07, 6.45) is 12.5. The third-order valence-corrected chi connectivity index (χ3v) is 5.44. The number of fused-ring (bicyclic) bond motifs is 2. The lowest BCUT2D eigenvalue weighted by molar-refractivity contribution is -0.0679. The van der Waals surface area contributed by atoms with E-state index in [4.69, 9.17) is 0 Å². The molecule has 0 N–H and O–H groups in total. The van der Waals surface area contributed by atoms with E-state index in [-0.39, 0.29) is 0 Å². The van der Waals surface area contributed by atoms with Crippen LogP contribution in [0.4, 0.5) is 0 Å². The highest BCUT2D eigenvalue weighted by molar-refractivity contribution is 5.11. The minimum Gasteiger partial charge on any atom is -0.302 e. The standard InChI is InChI=1S/C14H21N/c1-4-14(5-1)9-15(10-14)8-13-7-11-2-3-12(13)6-11/h2-3,11-13H,1,4-10H2. The SMILES string of the molecule is C1=CC2CC1CC2CN1CC2(CCC2)C1. The fourth-order valence-corrected chi connectivity index (χ4v) is 4.46. The molecule has 0 aromatic carbocycles. The molecule has 1 saturated heterocycles. The van der Waals surface area contributed by atoms with Gasteiger partial charge < -0.3 is 4.90 Å². The van der Waals surface area contributed by atoms with Crippen LogP contribution in [0.1, 0.15) is 32.1 Å². The molecule has 1 spiro atoms. The summed E-state index contributed by atoms with van der Waals surface area (Å²) in [6, 6.07) is 0. The first-order valence-electron chi connectivity index (χ1n) is 6.74. The fraction of sp³-hybridized carbons (Fsp3) is 0.857. The fourth-order valence-electron chi connectivity index (χ4n) is 4.46. The van der Waals surface area contributed by atoms with Crippen LogP contribution in [0, 0.1) is 23.2 Å². The molecule has 0 radical (unpaired) electrons. The van der Waals surface area contributed by atoms with E-state index in [1.54, 1.807) is 0 Å². The molecule has 1 nitrogen and oxygen atoms in total. The molecule has 82 valence electrons. The minimum absolute atomic E-state index is 0.827. The molecule has 0 amide bonds. The Hall–Kier alpha value is -0.300. The zero-order chi connectivity index (χ0) is 9.88. The molecule has 3 unspecified atom stereocenters. The van der Waals surface area contributed by atoms with Crippen molar-refractivity contribution in [3.05, 3.63) is 12.2 Å². The quantitative estimate of drug-likeness (QED) is 0.624. The Labute approximate surface area is 92.5 Å². The summed E-state index contributed by atoms with van der Waals surface area (Å²) in [7, 11) is 0. The predicted octanol–water partition coefficient (Wildman–Crippen LogP) is 2.68. The van der Waals surface area contributed by atoms with Crippen molar-refractivity contribution in [1.82, 2.24) is 4.90 Å². The Kier molecular flexibility index (Phi) is 1.69. The highest BCUT2D eigenvalue weighted by Crippen LogP contribution is 2.50. The molecule has 3 fully saturated rings. The van der Waals surface area contributed by atoms with Crippen LogP contribution in [0.25, 0.3) is 0 Å². The molecule has 2 saturated carbocycles. The largest absolute Gasteiger partial charge is 0.302 e. The molecule has 4 aliphatic rings. The molecular weight excluding hydrogens is 182 g/mol. The molecule has 1 heteroatoms. The van der Waals surface area contributed by atoms with Crippen molar-refractivity contribution in [1.29, 1.82) is 0 Å². The molecule has 2 bridgehead atoms. The van der Waals surface area contributed by atoms with Gasteiger partial charge in [0, 0.05) is 19.6 Å². The van der Waals surface area contributed by atoms with Crippen LogP contribution in [0.2, 0.25) is 0 Å². The van der Waals surface area contributed by atoms with Crippen LogP contribution in [0.5, 0.6) is 0 Å². The summed E-state index contributed by atoms with van der Waals surface area (Å²) in [6.45, 7) is 4.28. The van der Waals surface area contributed by atoms with Crippen LogP contribution >= 0.6 is 0 Å². The number of hydrogen-bond donors (Lipinski definition) is 0. The topological polar surface area (TPSA) is 3.24 Å². The smallest absolute Gasteiger partial charge is 0.00506 e. The minimum atomic E-state index is 0.827. The zero-order valence-corrected chi connectivity index (χ0v) is 9.49. The highest BCUT2D eigenvalue weighted by atomic mass is 15.2. The van der Waals surface area contributed by atoms with E-state index in [1.165, 1.54) is 51.7 Å². The lowest BCUT2D eigenvalue weighted by Crippen LogP contribution is -2.60. The maximum atomic E-state index is 2.73. The molecule has 4 rings (SSSR count). The molecule has 3 aliphatic carbocycles. The van der Waals surface area contributed by atoms with Crippen molar-refractivity contribution in [3.63, 3.8) is 0 Å². The maximum absolute atomic E-state index is 2.73. The van der Waals surface area contributed by atoms with Gasteiger partial charge in [-0.3, -0.25) is 0 Å². The molecule has 3 atom stereocenters. The number of hydrogen-bond acceptors (Lipinski definition) is 1. The van der Waals surface area contributed by atoms with Gasteiger partial charge in [-0.1, -0.05) is 18.6 Å². The number of rotatable bonds is 2. The molecular formula is C14H21N. The molecule has 0 aromatic rings. The van der Waals surface area contributed by atoms with Gasteiger partial charge in [0.25, 0.3) is 0 Å². The Morgan fingerprint density at radius 3 is 2.53 bits per heavy atom. The van der Waals surface area contributed by atoms with Crippen molar-refractivity contribution in [2.24, 2.45) is 23.2 Å². The molecule has 15 heavy (non-hydrogen) atoms. The normalized spacial score (nSPS) is 45.7. The van der Waals surface area contributed by atoms with Gasteiger partial charge in [-0.15, -0.1) is 0 Å². The van der Waals surface area contributed by atoms with Crippen LogP contribution in [-0.2, 0) is 0 Å². The van der Waals surface area contributed by atoms with Gasteiger partial charge in [-0.25, -0.2) is 0 Å². The van der Waals surface area contributed by atoms with Crippen molar-refractivity contribution >= 4 is 0 Å². The van der Waals surface area contributed by atoms with Crippen LogP contribution in [0.15, 0.2) is 12.2 Å². The van der Waals surface area contributed by atoms with Gasteiger partial charge >= 0.3 is 0 Å². The van der Waals surface area contributed by atoms with Gasteiger partial charge in [0.05, 0.1) is 0 Å². The van der Waals surface area contributed by atoms with E-state index < -0.39 is 0 Å². The van der Waals surface area contributed by atoms with Crippen LogP contribution < -0.4 is 0 Å². The van der Waals surface area contributed by atoms with Gasteiger partial charge in [0.15, 0.2) is 0 Å². The second-order valence-electron chi connectivity index (χ2n) is 6.56. The number of allylic oxidation sites excluding steroid dienone is 2. The Morgan fingerprint density at radius 1 is 1.13 bits per heavy atom. The summed E-state index contributed by atoms with van der Waals surface area (Å²) in [4.78, 5) is 2.73. The predicted molar refractivity (Wildman–Crippen MR) is 61.6 cm³/mol. The lowest BCUT2D eigenvalue weighted by atomic mass is 9.63. The van der Waals surface area contributed by atoms with E-state index in [1.807, 2.05) is 0 Å². The maximum Gasteiger partial charge on any atom is 0.00506 e. The van der Waals surface area contributed by atoms with Crippen LogP contribution in [0.3, 0.4) is 0 Å². The number of nitrogens with zero attached hydrogens (tertiary/aromatic N) is 1. The van der Waals surface area contributed by atoms with Gasteiger partial charge in [0.2, 0.25) is 0 Å². The van der Waals surface area contributed by atoms with Crippen molar-refractivity contribution < 1.29 is 0 Å². The average Bonchev–Trinajstić information content (AvgIpc) is 2.67. The second-order valence-corrected chi connectivity index (χ2v) is 6.56. The summed E-state index contributed by atoms with van der Waals surface area (Å²) < 4.78 is 0. The van der Waals surface area contributed by atoms with E-state index in [9.17, 15) is 0 Å². The van der Waals surface area contributed by atoms with Gasteiger partial charge in [-0.2, -0.15) is 0 Å². The third kappa shape index (κ3) is 1.25. The zero-order valence-electron chi connectivity index (χ0n) is 9.49. The first-order valence-corrected chi connectivity index (χ1v) is 6.74. The lowest BCUT2D eigenvalue weighted by Gasteiger charge is -2.57. The van der Waals surface area contributed by atoms with Crippen molar-refractivity contribution in [2.45, 2.75) is 32.1 Å². The van der Waals surface area contributed by atoms with E-state index in [0.29, 0.717) is 0 Å². The Morgan fingerprint density at radius 2 is 2.00 bits per heavy atom. The molecule has 1 aliphatic heterocycles. The van der Waals surface area contributed by atoms with Crippen LogP contribution in [-0.4, -0.2) is 24.5 Å². The average molecular weight is 203 g/mol. The Bertz CT molecular complexity index is 294. The third-order valence-electron chi connectivity index (χ3n) is 5.44. The summed E-state index contributed by atoms with van der Waals surface area (Å²) in [5.41, 5.74) is 0.827. The second kappa shape index (κ2) is 2.88. The highest BCUT2D eigenvalue weighted by Gasteiger charge is 2.48.